The first-order valence-corrected chi connectivity index (χ1v) is 5.72. The van der Waals surface area contributed by atoms with E-state index >= 15 is 0 Å². The second-order valence-electron chi connectivity index (χ2n) is 4.63. The minimum atomic E-state index is -0.366. The Hall–Kier alpha value is -1.29. The first-order valence-electron chi connectivity index (χ1n) is 5.72. The third kappa shape index (κ3) is 1.86. The summed E-state index contributed by atoms with van der Waals surface area (Å²) in [5.41, 5.74) is 6.73. The van der Waals surface area contributed by atoms with Crippen molar-refractivity contribution in [2.24, 2.45) is 5.73 Å². The van der Waals surface area contributed by atoms with Crippen molar-refractivity contribution >= 4 is 0 Å². The van der Waals surface area contributed by atoms with Crippen LogP contribution < -0.4 is 15.2 Å². The zero-order chi connectivity index (χ0) is 12.6. The van der Waals surface area contributed by atoms with Crippen molar-refractivity contribution in [3.05, 3.63) is 23.5 Å². The quantitative estimate of drug-likeness (QED) is 0.876. The standard InChI is InChI=1S/C13H18FNO2/c1-8(15)13(4-5-13)9-6-10(14)12(17-3)7-11(9)16-2/h6-8H,4-5,15H2,1-3H3. The minimum absolute atomic E-state index is 0.0100. The monoisotopic (exact) mass is 239 g/mol. The third-order valence-electron chi connectivity index (χ3n) is 3.67. The van der Waals surface area contributed by atoms with Gasteiger partial charge in [-0.2, -0.15) is 0 Å². The molecule has 1 saturated carbocycles. The van der Waals surface area contributed by atoms with Gasteiger partial charge in [-0.1, -0.05) is 0 Å². The van der Waals surface area contributed by atoms with Crippen LogP contribution in [0, 0.1) is 5.82 Å². The fourth-order valence-electron chi connectivity index (χ4n) is 2.35. The van der Waals surface area contributed by atoms with Gasteiger partial charge in [0.2, 0.25) is 0 Å². The van der Waals surface area contributed by atoms with Gasteiger partial charge in [0, 0.05) is 23.1 Å². The van der Waals surface area contributed by atoms with E-state index in [4.69, 9.17) is 15.2 Å². The molecule has 1 aliphatic rings. The van der Waals surface area contributed by atoms with Crippen LogP contribution in [-0.4, -0.2) is 20.3 Å². The smallest absolute Gasteiger partial charge is 0.165 e. The van der Waals surface area contributed by atoms with Gasteiger partial charge in [-0.15, -0.1) is 0 Å². The molecular weight excluding hydrogens is 221 g/mol. The molecule has 0 spiro atoms. The van der Waals surface area contributed by atoms with E-state index in [1.807, 2.05) is 6.92 Å². The number of hydrogen-bond donors (Lipinski definition) is 1. The summed E-state index contributed by atoms with van der Waals surface area (Å²) >= 11 is 0. The predicted octanol–water partition coefficient (Wildman–Crippen LogP) is 2.22. The summed E-state index contributed by atoms with van der Waals surface area (Å²) < 4.78 is 24.0. The number of ether oxygens (including phenoxy) is 2. The molecule has 0 aliphatic heterocycles. The van der Waals surface area contributed by atoms with Crippen molar-refractivity contribution in [2.45, 2.75) is 31.2 Å². The third-order valence-corrected chi connectivity index (χ3v) is 3.67. The Morgan fingerprint density at radius 3 is 2.24 bits per heavy atom. The molecule has 2 N–H and O–H groups in total. The first-order chi connectivity index (χ1) is 8.05. The van der Waals surface area contributed by atoms with E-state index in [2.05, 4.69) is 0 Å². The average molecular weight is 239 g/mol. The zero-order valence-corrected chi connectivity index (χ0v) is 10.4. The lowest BCUT2D eigenvalue weighted by molar-refractivity contribution is 0.366. The van der Waals surface area contributed by atoms with Gasteiger partial charge in [-0.25, -0.2) is 4.39 Å². The van der Waals surface area contributed by atoms with Gasteiger partial charge in [0.05, 0.1) is 14.2 Å². The summed E-state index contributed by atoms with van der Waals surface area (Å²) in [6.07, 6.45) is 1.96. The van der Waals surface area contributed by atoms with Crippen molar-refractivity contribution < 1.29 is 13.9 Å². The number of rotatable bonds is 4. The zero-order valence-electron chi connectivity index (χ0n) is 10.4. The highest BCUT2D eigenvalue weighted by molar-refractivity contribution is 5.49. The van der Waals surface area contributed by atoms with Gasteiger partial charge >= 0.3 is 0 Å². The van der Waals surface area contributed by atoms with Crippen LogP contribution in [-0.2, 0) is 5.41 Å². The molecule has 0 aromatic heterocycles. The molecule has 0 heterocycles. The van der Waals surface area contributed by atoms with Crippen LogP contribution in [0.25, 0.3) is 0 Å². The van der Waals surface area contributed by atoms with E-state index < -0.39 is 0 Å². The summed E-state index contributed by atoms with van der Waals surface area (Å²) in [6.45, 7) is 1.95. The maximum absolute atomic E-state index is 13.8. The molecule has 0 radical (unpaired) electrons. The Kier molecular flexibility index (Phi) is 3.00. The Balaban J connectivity index is 2.50. The fraction of sp³-hybridized carbons (Fsp3) is 0.538. The largest absolute Gasteiger partial charge is 0.496 e. The number of methoxy groups -OCH3 is 2. The molecule has 1 aliphatic carbocycles. The van der Waals surface area contributed by atoms with Crippen molar-refractivity contribution in [2.75, 3.05) is 14.2 Å². The molecule has 1 atom stereocenters. The highest BCUT2D eigenvalue weighted by Crippen LogP contribution is 2.54. The number of benzene rings is 1. The minimum Gasteiger partial charge on any atom is -0.496 e. The molecule has 1 fully saturated rings. The number of nitrogens with two attached hydrogens (primary N) is 1. The second-order valence-corrected chi connectivity index (χ2v) is 4.63. The molecule has 94 valence electrons. The maximum atomic E-state index is 13.8. The van der Waals surface area contributed by atoms with E-state index in [-0.39, 0.29) is 23.0 Å². The van der Waals surface area contributed by atoms with Gasteiger partial charge < -0.3 is 15.2 Å². The second kappa shape index (κ2) is 4.18. The maximum Gasteiger partial charge on any atom is 0.165 e. The molecule has 3 nitrogen and oxygen atoms in total. The Morgan fingerprint density at radius 1 is 1.24 bits per heavy atom. The first kappa shape index (κ1) is 12.2. The predicted molar refractivity (Wildman–Crippen MR) is 64.1 cm³/mol. The van der Waals surface area contributed by atoms with Crippen molar-refractivity contribution in [1.29, 1.82) is 0 Å². The Morgan fingerprint density at radius 2 is 1.82 bits per heavy atom. The molecule has 0 amide bonds. The van der Waals surface area contributed by atoms with E-state index in [9.17, 15) is 4.39 Å². The van der Waals surface area contributed by atoms with Crippen LogP contribution in [0.3, 0.4) is 0 Å². The number of halogens is 1. The van der Waals surface area contributed by atoms with Crippen molar-refractivity contribution in [3.8, 4) is 11.5 Å². The summed E-state index contributed by atoms with van der Waals surface area (Å²) in [6, 6.07) is 3.07. The molecule has 17 heavy (non-hydrogen) atoms. The van der Waals surface area contributed by atoms with Crippen LogP contribution >= 0.6 is 0 Å². The fourth-order valence-corrected chi connectivity index (χ4v) is 2.35. The Bertz CT molecular complexity index is 428. The van der Waals surface area contributed by atoms with Gasteiger partial charge in [0.1, 0.15) is 5.75 Å². The molecule has 1 aromatic carbocycles. The lowest BCUT2D eigenvalue weighted by atomic mass is 9.88. The van der Waals surface area contributed by atoms with E-state index in [1.54, 1.807) is 13.2 Å². The van der Waals surface area contributed by atoms with Crippen molar-refractivity contribution in [1.82, 2.24) is 0 Å². The molecular formula is C13H18FNO2. The summed E-state index contributed by atoms with van der Waals surface area (Å²) in [5.74, 6) is 0.486. The van der Waals surface area contributed by atoms with Gasteiger partial charge in [0.15, 0.2) is 11.6 Å². The van der Waals surface area contributed by atoms with Crippen LogP contribution in [0.4, 0.5) is 4.39 Å². The average Bonchev–Trinajstić information content (AvgIpc) is 3.09. The van der Waals surface area contributed by atoms with Gasteiger partial charge in [0.25, 0.3) is 0 Å². The van der Waals surface area contributed by atoms with E-state index in [1.165, 1.54) is 13.2 Å². The van der Waals surface area contributed by atoms with Crippen molar-refractivity contribution in [3.63, 3.8) is 0 Å². The topological polar surface area (TPSA) is 44.5 Å². The molecule has 1 aromatic rings. The van der Waals surface area contributed by atoms with Crippen LogP contribution in [0.2, 0.25) is 0 Å². The highest BCUT2D eigenvalue weighted by atomic mass is 19.1. The molecule has 0 saturated heterocycles. The molecule has 4 heteroatoms. The highest BCUT2D eigenvalue weighted by Gasteiger charge is 2.49. The lowest BCUT2D eigenvalue weighted by Gasteiger charge is -2.23. The summed E-state index contributed by atoms with van der Waals surface area (Å²) in [5, 5.41) is 0. The van der Waals surface area contributed by atoms with Gasteiger partial charge in [-0.05, 0) is 25.8 Å². The SMILES string of the molecule is COc1cc(OC)c(C2(C(C)N)CC2)cc1F. The normalized spacial score (nSPS) is 18.6. The summed E-state index contributed by atoms with van der Waals surface area (Å²) in [7, 11) is 3.02. The number of hydrogen-bond acceptors (Lipinski definition) is 3. The van der Waals surface area contributed by atoms with Crippen LogP contribution in [0.15, 0.2) is 12.1 Å². The van der Waals surface area contributed by atoms with E-state index in [0.29, 0.717) is 5.75 Å². The summed E-state index contributed by atoms with van der Waals surface area (Å²) in [4.78, 5) is 0. The Labute approximate surface area is 101 Å². The molecule has 0 bridgehead atoms. The van der Waals surface area contributed by atoms with Crippen LogP contribution in [0.1, 0.15) is 25.3 Å². The lowest BCUT2D eigenvalue weighted by Crippen LogP contribution is -2.32. The van der Waals surface area contributed by atoms with E-state index in [0.717, 1.165) is 18.4 Å². The van der Waals surface area contributed by atoms with Crippen LogP contribution in [0.5, 0.6) is 11.5 Å². The molecule has 1 unspecified atom stereocenters. The molecule has 2 rings (SSSR count). The van der Waals surface area contributed by atoms with Gasteiger partial charge in [-0.3, -0.25) is 0 Å².